The normalized spacial score (nSPS) is 10.8. The zero-order chi connectivity index (χ0) is 14.8. The van der Waals surface area contributed by atoms with Crippen molar-refractivity contribution in [3.8, 4) is 5.88 Å². The first-order chi connectivity index (χ1) is 10.2. The smallest absolute Gasteiger partial charge is 0.221 e. The number of hydrogen-bond donors (Lipinski definition) is 2. The van der Waals surface area contributed by atoms with Crippen LogP contribution in [0.15, 0.2) is 30.5 Å². The maximum atomic E-state index is 5.32. The third kappa shape index (κ3) is 2.42. The van der Waals surface area contributed by atoms with Gasteiger partial charge in [-0.15, -0.1) is 0 Å². The quantitative estimate of drug-likeness (QED) is 0.771. The number of nitrogens with zero attached hydrogens (tertiary/aromatic N) is 2. The number of anilines is 1. The van der Waals surface area contributed by atoms with E-state index in [9.17, 15) is 0 Å². The minimum Gasteiger partial charge on any atom is -0.481 e. The molecule has 2 N–H and O–H groups in total. The van der Waals surface area contributed by atoms with Crippen LogP contribution in [0, 0.1) is 13.8 Å². The van der Waals surface area contributed by atoms with Gasteiger partial charge in [-0.25, -0.2) is 4.98 Å². The summed E-state index contributed by atoms with van der Waals surface area (Å²) in [5.74, 6) is 0.645. The molecule has 21 heavy (non-hydrogen) atoms. The lowest BCUT2D eigenvalue weighted by molar-refractivity contribution is 0.403. The van der Waals surface area contributed by atoms with E-state index in [2.05, 4.69) is 26.6 Å². The Morgan fingerprint density at radius 3 is 2.76 bits per heavy atom. The Hall–Kier alpha value is -2.56. The van der Waals surface area contributed by atoms with Gasteiger partial charge in [0.1, 0.15) is 0 Å². The molecule has 0 bridgehead atoms. The minimum absolute atomic E-state index is 0.645. The molecule has 2 heterocycles. The van der Waals surface area contributed by atoms with Crippen molar-refractivity contribution in [1.29, 1.82) is 0 Å². The Morgan fingerprint density at radius 1 is 1.19 bits per heavy atom. The largest absolute Gasteiger partial charge is 0.481 e. The first-order valence-corrected chi connectivity index (χ1v) is 6.86. The van der Waals surface area contributed by atoms with E-state index in [1.807, 2.05) is 32.0 Å². The molecule has 5 heteroatoms. The van der Waals surface area contributed by atoms with E-state index in [0.29, 0.717) is 5.88 Å². The predicted octanol–water partition coefficient (Wildman–Crippen LogP) is 3.20. The summed E-state index contributed by atoms with van der Waals surface area (Å²) in [6.45, 7) is 4.78. The number of benzene rings is 1. The second-order valence-corrected chi connectivity index (χ2v) is 4.99. The molecule has 0 aliphatic carbocycles. The molecule has 5 nitrogen and oxygen atoms in total. The molecule has 0 amide bonds. The maximum Gasteiger partial charge on any atom is 0.221 e. The van der Waals surface area contributed by atoms with Crippen LogP contribution in [0.1, 0.15) is 17.0 Å². The van der Waals surface area contributed by atoms with Gasteiger partial charge in [0.15, 0.2) is 0 Å². The zero-order valence-electron chi connectivity index (χ0n) is 12.4. The van der Waals surface area contributed by atoms with Crippen LogP contribution in [-0.2, 0) is 6.54 Å². The van der Waals surface area contributed by atoms with Crippen LogP contribution in [0.25, 0.3) is 10.8 Å². The molecule has 0 aliphatic rings. The van der Waals surface area contributed by atoms with E-state index in [4.69, 9.17) is 4.74 Å². The van der Waals surface area contributed by atoms with Gasteiger partial charge in [0.05, 0.1) is 12.8 Å². The number of fused-ring (bicyclic) bond motifs is 1. The van der Waals surface area contributed by atoms with Crippen LogP contribution < -0.4 is 10.1 Å². The van der Waals surface area contributed by atoms with E-state index in [1.165, 1.54) is 5.56 Å². The molecule has 0 spiro atoms. The number of aromatic amines is 1. The van der Waals surface area contributed by atoms with Crippen molar-refractivity contribution in [3.05, 3.63) is 47.4 Å². The van der Waals surface area contributed by atoms with Crippen molar-refractivity contribution < 1.29 is 4.74 Å². The van der Waals surface area contributed by atoms with Crippen molar-refractivity contribution in [2.75, 3.05) is 12.4 Å². The van der Waals surface area contributed by atoms with Gasteiger partial charge in [0.2, 0.25) is 5.88 Å². The highest BCUT2D eigenvalue weighted by molar-refractivity contribution is 5.96. The molecule has 0 atom stereocenters. The molecule has 0 aliphatic heterocycles. The van der Waals surface area contributed by atoms with Crippen molar-refractivity contribution in [1.82, 2.24) is 15.2 Å². The molecular formula is C16H18N4O. The van der Waals surface area contributed by atoms with Crippen LogP contribution >= 0.6 is 0 Å². The van der Waals surface area contributed by atoms with E-state index in [1.54, 1.807) is 13.3 Å². The first kappa shape index (κ1) is 13.4. The molecular weight excluding hydrogens is 264 g/mol. The molecule has 2 aromatic heterocycles. The number of pyridine rings is 1. The summed E-state index contributed by atoms with van der Waals surface area (Å²) in [7, 11) is 1.64. The molecule has 1 aromatic carbocycles. The third-order valence-electron chi connectivity index (χ3n) is 3.70. The highest BCUT2D eigenvalue weighted by atomic mass is 16.5. The van der Waals surface area contributed by atoms with Crippen molar-refractivity contribution in [2.45, 2.75) is 20.4 Å². The molecule has 0 unspecified atom stereocenters. The van der Waals surface area contributed by atoms with E-state index >= 15 is 0 Å². The summed E-state index contributed by atoms with van der Waals surface area (Å²) in [6.07, 6.45) is 1.76. The lowest BCUT2D eigenvalue weighted by Crippen LogP contribution is -2.02. The fourth-order valence-electron chi connectivity index (χ4n) is 2.52. The maximum absolute atomic E-state index is 5.32. The van der Waals surface area contributed by atoms with Gasteiger partial charge < -0.3 is 10.1 Å². The summed E-state index contributed by atoms with van der Waals surface area (Å²) >= 11 is 0. The van der Waals surface area contributed by atoms with Gasteiger partial charge in [-0.05, 0) is 32.0 Å². The van der Waals surface area contributed by atoms with Crippen molar-refractivity contribution >= 4 is 16.5 Å². The Kier molecular flexibility index (Phi) is 3.48. The van der Waals surface area contributed by atoms with Gasteiger partial charge in [-0.1, -0.05) is 6.07 Å². The SMILES string of the molecule is COc1nccc2c(NCc3c(C)n[nH]c3C)cccc12. The number of nitrogens with one attached hydrogen (secondary N) is 2. The van der Waals surface area contributed by atoms with Crippen LogP contribution in [-0.4, -0.2) is 22.3 Å². The molecule has 108 valence electrons. The number of hydrogen-bond acceptors (Lipinski definition) is 4. The van der Waals surface area contributed by atoms with Gasteiger partial charge in [0, 0.05) is 40.5 Å². The molecule has 3 rings (SSSR count). The lowest BCUT2D eigenvalue weighted by Gasteiger charge is -2.11. The van der Waals surface area contributed by atoms with Gasteiger partial charge in [0.25, 0.3) is 0 Å². The van der Waals surface area contributed by atoms with Crippen LogP contribution in [0.5, 0.6) is 5.88 Å². The predicted molar refractivity (Wildman–Crippen MR) is 83.7 cm³/mol. The number of ether oxygens (including phenoxy) is 1. The Bertz CT molecular complexity index is 760. The average Bonchev–Trinajstić information content (AvgIpc) is 2.83. The number of methoxy groups -OCH3 is 1. The van der Waals surface area contributed by atoms with E-state index in [0.717, 1.165) is 34.4 Å². The second-order valence-electron chi connectivity index (χ2n) is 4.99. The monoisotopic (exact) mass is 282 g/mol. The molecule has 0 radical (unpaired) electrons. The van der Waals surface area contributed by atoms with Gasteiger partial charge in [-0.2, -0.15) is 5.10 Å². The van der Waals surface area contributed by atoms with Crippen LogP contribution in [0.3, 0.4) is 0 Å². The summed E-state index contributed by atoms with van der Waals surface area (Å²) in [5, 5.41) is 12.8. The fraction of sp³-hybridized carbons (Fsp3) is 0.250. The van der Waals surface area contributed by atoms with Crippen LogP contribution in [0.2, 0.25) is 0 Å². The van der Waals surface area contributed by atoms with Crippen molar-refractivity contribution in [3.63, 3.8) is 0 Å². The first-order valence-electron chi connectivity index (χ1n) is 6.86. The van der Waals surface area contributed by atoms with Gasteiger partial charge >= 0.3 is 0 Å². The van der Waals surface area contributed by atoms with Crippen LogP contribution in [0.4, 0.5) is 5.69 Å². The molecule has 0 saturated carbocycles. The molecule has 0 fully saturated rings. The second kappa shape index (κ2) is 5.44. The topological polar surface area (TPSA) is 62.8 Å². The number of H-pyrrole nitrogens is 1. The fourth-order valence-corrected chi connectivity index (χ4v) is 2.52. The number of aromatic nitrogens is 3. The molecule has 3 aromatic rings. The lowest BCUT2D eigenvalue weighted by atomic mass is 10.1. The Labute approximate surface area is 123 Å². The summed E-state index contributed by atoms with van der Waals surface area (Å²) < 4.78 is 5.32. The standard InChI is InChI=1S/C16H18N4O/c1-10-14(11(2)20-19-10)9-18-15-6-4-5-13-12(15)7-8-17-16(13)21-3/h4-8,18H,9H2,1-3H3,(H,19,20). The number of rotatable bonds is 4. The summed E-state index contributed by atoms with van der Waals surface area (Å²) in [5.41, 5.74) is 4.39. The van der Waals surface area contributed by atoms with Crippen molar-refractivity contribution in [2.24, 2.45) is 0 Å². The third-order valence-corrected chi connectivity index (χ3v) is 3.70. The van der Waals surface area contributed by atoms with E-state index < -0.39 is 0 Å². The van der Waals surface area contributed by atoms with E-state index in [-0.39, 0.29) is 0 Å². The zero-order valence-corrected chi connectivity index (χ0v) is 12.4. The Balaban J connectivity index is 1.94. The average molecular weight is 282 g/mol. The minimum atomic E-state index is 0.645. The summed E-state index contributed by atoms with van der Waals surface area (Å²) in [6, 6.07) is 8.08. The highest BCUT2D eigenvalue weighted by Gasteiger charge is 2.09. The number of aryl methyl sites for hydroxylation is 2. The van der Waals surface area contributed by atoms with Gasteiger partial charge in [-0.3, -0.25) is 5.10 Å². The summed E-state index contributed by atoms with van der Waals surface area (Å²) in [4.78, 5) is 4.24. The molecule has 0 saturated heterocycles. The Morgan fingerprint density at radius 2 is 2.05 bits per heavy atom. The highest BCUT2D eigenvalue weighted by Crippen LogP contribution is 2.29.